The fourth-order valence-corrected chi connectivity index (χ4v) is 1.78. The molecule has 1 rings (SSSR count). The van der Waals surface area contributed by atoms with Crippen LogP contribution in [0.4, 0.5) is 9.59 Å². The third-order valence-corrected chi connectivity index (χ3v) is 2.67. The molecular weight excluding hydrogens is 212 g/mol. The summed E-state index contributed by atoms with van der Waals surface area (Å²) in [5, 5.41) is 1.86. The van der Waals surface area contributed by atoms with Crippen LogP contribution in [0.15, 0.2) is 0 Å². The standard InChI is InChI=1S/C8H17N6O2/c9-7(15)13(11)5-2-1-3-6(4-5)14(12)8(10)16/h4-6H,1-3,11-12H2,(H2,9,15)(H2,10,16). The first kappa shape index (κ1) is 12.5. The Bertz CT molecular complexity index is 258. The average Bonchev–Trinajstić information content (AvgIpc) is 2.26. The summed E-state index contributed by atoms with van der Waals surface area (Å²) in [4.78, 5) is 21.8. The molecule has 0 aromatic rings. The van der Waals surface area contributed by atoms with Crippen molar-refractivity contribution in [2.75, 3.05) is 0 Å². The largest absolute Gasteiger partial charge is 0.350 e. The highest BCUT2D eigenvalue weighted by Crippen LogP contribution is 2.23. The maximum Gasteiger partial charge on any atom is 0.329 e. The summed E-state index contributed by atoms with van der Waals surface area (Å²) in [6.45, 7) is 0. The van der Waals surface area contributed by atoms with E-state index >= 15 is 0 Å². The third kappa shape index (κ3) is 2.74. The Morgan fingerprint density at radius 2 is 1.38 bits per heavy atom. The quantitative estimate of drug-likeness (QED) is 0.262. The molecule has 2 atom stereocenters. The van der Waals surface area contributed by atoms with E-state index in [1.54, 1.807) is 6.42 Å². The maximum atomic E-state index is 10.9. The number of carbonyl (C=O) groups excluding carboxylic acids is 2. The molecule has 1 radical (unpaired) electrons. The van der Waals surface area contributed by atoms with Gasteiger partial charge in [-0.1, -0.05) is 0 Å². The predicted molar refractivity (Wildman–Crippen MR) is 56.9 cm³/mol. The molecule has 8 N–H and O–H groups in total. The monoisotopic (exact) mass is 229 g/mol. The molecule has 0 spiro atoms. The van der Waals surface area contributed by atoms with Gasteiger partial charge in [0, 0.05) is 6.42 Å². The number of carbonyl (C=O) groups is 2. The highest BCUT2D eigenvalue weighted by molar-refractivity contribution is 5.72. The topological polar surface area (TPSA) is 145 Å². The Balaban J connectivity index is 2.60. The molecule has 16 heavy (non-hydrogen) atoms. The summed E-state index contributed by atoms with van der Waals surface area (Å²) in [6.07, 6.45) is 3.89. The Morgan fingerprint density at radius 3 is 1.69 bits per heavy atom. The lowest BCUT2D eigenvalue weighted by Crippen LogP contribution is -2.56. The highest BCUT2D eigenvalue weighted by atomic mass is 16.2. The SMILES string of the molecule is NC(=O)N(N)C1[CH]C(N(N)C(N)=O)CCC1. The molecule has 8 nitrogen and oxygen atoms in total. The number of rotatable bonds is 2. The van der Waals surface area contributed by atoms with Gasteiger partial charge in [-0.15, -0.1) is 0 Å². The van der Waals surface area contributed by atoms with Gasteiger partial charge in [0.05, 0.1) is 12.1 Å². The van der Waals surface area contributed by atoms with Gasteiger partial charge in [0.2, 0.25) is 0 Å². The molecule has 1 aliphatic rings. The van der Waals surface area contributed by atoms with Gasteiger partial charge in [-0.05, 0) is 19.3 Å². The van der Waals surface area contributed by atoms with Crippen LogP contribution in [-0.2, 0) is 0 Å². The van der Waals surface area contributed by atoms with E-state index in [1.165, 1.54) is 0 Å². The van der Waals surface area contributed by atoms with Gasteiger partial charge in [-0.3, -0.25) is 10.0 Å². The van der Waals surface area contributed by atoms with Gasteiger partial charge in [0.1, 0.15) is 0 Å². The molecule has 0 heterocycles. The van der Waals surface area contributed by atoms with E-state index in [4.69, 9.17) is 23.2 Å². The normalized spacial score (nSPS) is 24.9. The van der Waals surface area contributed by atoms with E-state index in [0.717, 1.165) is 16.4 Å². The number of amides is 4. The van der Waals surface area contributed by atoms with Gasteiger partial charge < -0.3 is 11.5 Å². The predicted octanol–water partition coefficient (Wildman–Crippen LogP) is -1.38. The van der Waals surface area contributed by atoms with Crippen molar-refractivity contribution in [2.24, 2.45) is 23.2 Å². The molecule has 0 aromatic heterocycles. The number of nitrogens with zero attached hydrogens (tertiary/aromatic N) is 2. The van der Waals surface area contributed by atoms with E-state index in [1.807, 2.05) is 0 Å². The summed E-state index contributed by atoms with van der Waals surface area (Å²) in [5.41, 5.74) is 10.1. The van der Waals surface area contributed by atoms with Crippen molar-refractivity contribution in [3.8, 4) is 0 Å². The Hall–Kier alpha value is -1.54. The highest BCUT2D eigenvalue weighted by Gasteiger charge is 2.31. The molecule has 0 aromatic carbocycles. The van der Waals surface area contributed by atoms with Gasteiger partial charge in [0.25, 0.3) is 0 Å². The van der Waals surface area contributed by atoms with Crippen LogP contribution in [0.3, 0.4) is 0 Å². The zero-order valence-corrected chi connectivity index (χ0v) is 8.87. The summed E-state index contributed by atoms with van der Waals surface area (Å²) >= 11 is 0. The molecule has 1 aliphatic carbocycles. The number of hydrogen-bond acceptors (Lipinski definition) is 4. The second-order valence-corrected chi connectivity index (χ2v) is 3.75. The van der Waals surface area contributed by atoms with E-state index in [2.05, 4.69) is 0 Å². The lowest BCUT2D eigenvalue weighted by atomic mass is 9.90. The van der Waals surface area contributed by atoms with Crippen LogP contribution in [0, 0.1) is 6.42 Å². The molecule has 0 aliphatic heterocycles. The number of urea groups is 2. The Kier molecular flexibility index (Phi) is 3.91. The lowest BCUT2D eigenvalue weighted by molar-refractivity contribution is 0.149. The van der Waals surface area contributed by atoms with Crippen LogP contribution in [0.1, 0.15) is 19.3 Å². The number of hydrazine groups is 2. The second kappa shape index (κ2) is 4.99. The van der Waals surface area contributed by atoms with E-state index in [-0.39, 0.29) is 12.1 Å². The van der Waals surface area contributed by atoms with Crippen molar-refractivity contribution in [3.05, 3.63) is 6.42 Å². The maximum absolute atomic E-state index is 10.9. The minimum absolute atomic E-state index is 0.318. The van der Waals surface area contributed by atoms with Crippen LogP contribution in [0.5, 0.6) is 0 Å². The minimum Gasteiger partial charge on any atom is -0.350 e. The third-order valence-electron chi connectivity index (χ3n) is 2.67. The summed E-state index contributed by atoms with van der Waals surface area (Å²) in [6, 6.07) is -2.07. The van der Waals surface area contributed by atoms with Gasteiger partial charge >= 0.3 is 12.1 Å². The summed E-state index contributed by atoms with van der Waals surface area (Å²) < 4.78 is 0. The lowest BCUT2D eigenvalue weighted by Gasteiger charge is -2.36. The second-order valence-electron chi connectivity index (χ2n) is 3.75. The average molecular weight is 229 g/mol. The zero-order valence-electron chi connectivity index (χ0n) is 8.87. The molecule has 4 amide bonds. The van der Waals surface area contributed by atoms with Crippen molar-refractivity contribution >= 4 is 12.1 Å². The molecule has 2 unspecified atom stereocenters. The molecule has 8 heteroatoms. The van der Waals surface area contributed by atoms with Crippen molar-refractivity contribution in [1.29, 1.82) is 0 Å². The first-order valence-corrected chi connectivity index (χ1v) is 4.95. The zero-order chi connectivity index (χ0) is 12.3. The first-order chi connectivity index (χ1) is 7.43. The van der Waals surface area contributed by atoms with Gasteiger partial charge in [-0.2, -0.15) is 0 Å². The molecule has 0 bridgehead atoms. The van der Waals surface area contributed by atoms with Crippen molar-refractivity contribution < 1.29 is 9.59 Å². The first-order valence-electron chi connectivity index (χ1n) is 4.95. The fourth-order valence-electron chi connectivity index (χ4n) is 1.78. The van der Waals surface area contributed by atoms with E-state index in [0.29, 0.717) is 12.8 Å². The van der Waals surface area contributed by atoms with Crippen molar-refractivity contribution in [3.63, 3.8) is 0 Å². The van der Waals surface area contributed by atoms with Crippen LogP contribution in [0.25, 0.3) is 0 Å². The molecular formula is C8H17N6O2. The van der Waals surface area contributed by atoms with Crippen molar-refractivity contribution in [2.45, 2.75) is 31.3 Å². The molecule has 0 saturated heterocycles. The minimum atomic E-state index is -0.718. The Morgan fingerprint density at radius 1 is 1.00 bits per heavy atom. The number of hydrogen-bond donors (Lipinski definition) is 4. The summed E-state index contributed by atoms with van der Waals surface area (Å²) in [5.74, 6) is 11.0. The smallest absolute Gasteiger partial charge is 0.329 e. The van der Waals surface area contributed by atoms with Crippen LogP contribution < -0.4 is 23.2 Å². The van der Waals surface area contributed by atoms with Crippen LogP contribution >= 0.6 is 0 Å². The van der Waals surface area contributed by atoms with E-state index < -0.39 is 12.1 Å². The number of primary amides is 2. The van der Waals surface area contributed by atoms with Crippen LogP contribution in [0.2, 0.25) is 0 Å². The fraction of sp³-hybridized carbons (Fsp3) is 0.625. The van der Waals surface area contributed by atoms with Crippen LogP contribution in [-0.4, -0.2) is 34.2 Å². The number of nitrogens with two attached hydrogens (primary N) is 4. The Labute approximate surface area is 93.4 Å². The van der Waals surface area contributed by atoms with Crippen molar-refractivity contribution in [1.82, 2.24) is 10.0 Å². The van der Waals surface area contributed by atoms with Gasteiger partial charge in [0.15, 0.2) is 0 Å². The molecule has 91 valence electrons. The van der Waals surface area contributed by atoms with Gasteiger partial charge in [-0.25, -0.2) is 21.3 Å². The molecule has 1 fully saturated rings. The molecule has 1 saturated carbocycles. The summed E-state index contributed by atoms with van der Waals surface area (Å²) in [7, 11) is 0. The van der Waals surface area contributed by atoms with E-state index in [9.17, 15) is 9.59 Å².